The molecule has 1 aliphatic rings. The van der Waals surface area contributed by atoms with E-state index in [9.17, 15) is 4.39 Å². The molecule has 0 unspecified atom stereocenters. The summed E-state index contributed by atoms with van der Waals surface area (Å²) in [5.41, 5.74) is 1.29. The fourth-order valence-corrected chi connectivity index (χ4v) is 2.60. The lowest BCUT2D eigenvalue weighted by Crippen LogP contribution is -2.26. The number of hydrogen-bond donors (Lipinski definition) is 1. The van der Waals surface area contributed by atoms with Gasteiger partial charge in [-0.3, -0.25) is 0 Å². The third kappa shape index (κ3) is 2.52. The molecular weight excluding hydrogens is 209 g/mol. The van der Waals surface area contributed by atoms with Crippen LogP contribution in [0.25, 0.3) is 0 Å². The molecule has 0 bridgehead atoms. The van der Waals surface area contributed by atoms with Crippen LogP contribution in [0.4, 0.5) is 4.39 Å². The lowest BCUT2D eigenvalue weighted by atomic mass is 9.90. The van der Waals surface area contributed by atoms with E-state index in [2.05, 4.69) is 5.32 Å². The van der Waals surface area contributed by atoms with E-state index >= 15 is 0 Å². The first-order valence-corrected chi connectivity index (χ1v) is 6.58. The Morgan fingerprint density at radius 2 is 2.07 bits per heavy atom. The van der Waals surface area contributed by atoms with Crippen molar-refractivity contribution < 1.29 is 4.39 Å². The molecule has 15 heavy (non-hydrogen) atoms. The van der Waals surface area contributed by atoms with E-state index in [0.717, 1.165) is 18.0 Å². The number of benzene rings is 1. The molecule has 1 fully saturated rings. The summed E-state index contributed by atoms with van der Waals surface area (Å²) in [6, 6.07) is 5.55. The minimum Gasteiger partial charge on any atom is -0.317 e. The Bertz CT molecular complexity index is 334. The minimum absolute atomic E-state index is 0.0971. The predicted molar refractivity (Wildman–Crippen MR) is 63.0 cm³/mol. The molecule has 1 aromatic carbocycles. The molecule has 3 heteroatoms. The fraction of sp³-hybridized carbons (Fsp3) is 0.500. The van der Waals surface area contributed by atoms with Crippen molar-refractivity contribution in [3.05, 3.63) is 29.6 Å². The van der Waals surface area contributed by atoms with Gasteiger partial charge in [-0.15, -0.1) is 11.8 Å². The summed E-state index contributed by atoms with van der Waals surface area (Å²) >= 11 is 1.48. The van der Waals surface area contributed by atoms with Crippen molar-refractivity contribution in [1.29, 1.82) is 0 Å². The summed E-state index contributed by atoms with van der Waals surface area (Å²) in [7, 11) is 0. The predicted octanol–water partition coefficient (Wildman–Crippen LogP) is 3.01. The van der Waals surface area contributed by atoms with Crippen LogP contribution in [0, 0.1) is 5.82 Å². The maximum Gasteiger partial charge on any atom is 0.136 e. The molecule has 1 N–H and O–H groups in total. The molecule has 1 aromatic rings. The monoisotopic (exact) mass is 225 g/mol. The second kappa shape index (κ2) is 4.99. The van der Waals surface area contributed by atoms with E-state index in [1.54, 1.807) is 6.07 Å². The van der Waals surface area contributed by atoms with Gasteiger partial charge in [0.25, 0.3) is 0 Å². The molecule has 0 radical (unpaired) electrons. The minimum atomic E-state index is -0.0971. The zero-order chi connectivity index (χ0) is 10.7. The lowest BCUT2D eigenvalue weighted by Gasteiger charge is -2.23. The molecular formula is C12H16FNS. The van der Waals surface area contributed by atoms with Crippen LogP contribution in [-0.2, 0) is 0 Å². The normalized spacial score (nSPS) is 18.0. The Kier molecular flexibility index (Phi) is 3.65. The van der Waals surface area contributed by atoms with Crippen LogP contribution >= 0.6 is 11.8 Å². The van der Waals surface area contributed by atoms with Crippen molar-refractivity contribution >= 4 is 11.8 Å². The molecule has 1 aliphatic heterocycles. The third-order valence-electron chi connectivity index (χ3n) is 2.99. The van der Waals surface area contributed by atoms with Crippen LogP contribution in [0.3, 0.4) is 0 Å². The van der Waals surface area contributed by atoms with Crippen molar-refractivity contribution in [2.45, 2.75) is 23.7 Å². The summed E-state index contributed by atoms with van der Waals surface area (Å²) in [4.78, 5) is 0.769. The van der Waals surface area contributed by atoms with Gasteiger partial charge in [-0.2, -0.15) is 0 Å². The quantitative estimate of drug-likeness (QED) is 0.776. The summed E-state index contributed by atoms with van der Waals surface area (Å²) < 4.78 is 13.3. The zero-order valence-electron chi connectivity index (χ0n) is 8.92. The standard InChI is InChI=1S/C12H16FNS/c1-15-12-8-10(2-3-11(12)13)9-4-6-14-7-5-9/h2-3,8-9,14H,4-7H2,1H3. The second-order valence-corrected chi connectivity index (χ2v) is 4.77. The Balaban J connectivity index is 2.20. The van der Waals surface area contributed by atoms with Crippen molar-refractivity contribution in [2.24, 2.45) is 0 Å². The van der Waals surface area contributed by atoms with Gasteiger partial charge in [0.1, 0.15) is 5.82 Å². The van der Waals surface area contributed by atoms with Gasteiger partial charge < -0.3 is 5.32 Å². The number of thioether (sulfide) groups is 1. The molecule has 0 amide bonds. The van der Waals surface area contributed by atoms with Crippen LogP contribution in [0.15, 0.2) is 23.1 Å². The first-order chi connectivity index (χ1) is 7.31. The average molecular weight is 225 g/mol. The molecule has 0 atom stereocenters. The first kappa shape index (κ1) is 11.0. The van der Waals surface area contributed by atoms with Gasteiger partial charge in [0.05, 0.1) is 0 Å². The topological polar surface area (TPSA) is 12.0 Å². The maximum absolute atomic E-state index is 13.3. The smallest absolute Gasteiger partial charge is 0.136 e. The van der Waals surface area contributed by atoms with Gasteiger partial charge in [-0.1, -0.05) is 6.07 Å². The Hall–Kier alpha value is -0.540. The Labute approximate surface area is 94.5 Å². The van der Waals surface area contributed by atoms with Gasteiger partial charge in [0.2, 0.25) is 0 Å². The summed E-state index contributed by atoms with van der Waals surface area (Å²) in [5.74, 6) is 0.512. The van der Waals surface area contributed by atoms with Crippen LogP contribution in [-0.4, -0.2) is 19.3 Å². The highest BCUT2D eigenvalue weighted by Crippen LogP contribution is 2.29. The second-order valence-electron chi connectivity index (χ2n) is 3.92. The summed E-state index contributed by atoms with van der Waals surface area (Å²) in [6.45, 7) is 2.16. The van der Waals surface area contributed by atoms with Gasteiger partial charge in [-0.25, -0.2) is 4.39 Å². The highest BCUT2D eigenvalue weighted by Gasteiger charge is 2.16. The maximum atomic E-state index is 13.3. The average Bonchev–Trinajstić information content (AvgIpc) is 2.31. The molecule has 1 saturated heterocycles. The van der Waals surface area contributed by atoms with Crippen LogP contribution in [0.1, 0.15) is 24.3 Å². The highest BCUT2D eigenvalue weighted by molar-refractivity contribution is 7.98. The Morgan fingerprint density at radius 3 is 2.73 bits per heavy atom. The number of hydrogen-bond acceptors (Lipinski definition) is 2. The molecule has 82 valence electrons. The number of halogens is 1. The van der Waals surface area contributed by atoms with Crippen LogP contribution in [0.5, 0.6) is 0 Å². The third-order valence-corrected chi connectivity index (χ3v) is 3.74. The molecule has 1 heterocycles. The largest absolute Gasteiger partial charge is 0.317 e. The molecule has 0 spiro atoms. The van der Waals surface area contributed by atoms with Crippen LogP contribution < -0.4 is 5.32 Å². The molecule has 0 saturated carbocycles. The lowest BCUT2D eigenvalue weighted by molar-refractivity contribution is 0.459. The van der Waals surface area contributed by atoms with Crippen LogP contribution in [0.2, 0.25) is 0 Å². The highest BCUT2D eigenvalue weighted by atomic mass is 32.2. The van der Waals surface area contributed by atoms with Gasteiger partial charge in [-0.05, 0) is 55.8 Å². The number of piperidine rings is 1. The molecule has 0 aromatic heterocycles. The van der Waals surface area contributed by atoms with E-state index in [1.807, 2.05) is 18.4 Å². The Morgan fingerprint density at radius 1 is 1.33 bits per heavy atom. The van der Waals surface area contributed by atoms with Crippen molar-refractivity contribution in [1.82, 2.24) is 5.32 Å². The van der Waals surface area contributed by atoms with Crippen molar-refractivity contribution in [2.75, 3.05) is 19.3 Å². The van der Waals surface area contributed by atoms with Gasteiger partial charge >= 0.3 is 0 Å². The van der Waals surface area contributed by atoms with Crippen molar-refractivity contribution in [3.63, 3.8) is 0 Å². The molecule has 1 nitrogen and oxygen atoms in total. The van der Waals surface area contributed by atoms with E-state index in [-0.39, 0.29) is 5.82 Å². The summed E-state index contributed by atoms with van der Waals surface area (Å²) in [6.07, 6.45) is 4.25. The van der Waals surface area contributed by atoms with Gasteiger partial charge in [0.15, 0.2) is 0 Å². The zero-order valence-corrected chi connectivity index (χ0v) is 9.74. The summed E-state index contributed by atoms with van der Waals surface area (Å²) in [5, 5.41) is 3.35. The number of nitrogens with one attached hydrogen (secondary N) is 1. The SMILES string of the molecule is CSc1cc(C2CCNCC2)ccc1F. The van der Waals surface area contributed by atoms with E-state index in [0.29, 0.717) is 5.92 Å². The fourth-order valence-electron chi connectivity index (χ4n) is 2.09. The van der Waals surface area contributed by atoms with Crippen molar-refractivity contribution in [3.8, 4) is 0 Å². The van der Waals surface area contributed by atoms with Gasteiger partial charge in [0, 0.05) is 4.90 Å². The molecule has 2 rings (SSSR count). The van der Waals surface area contributed by atoms with E-state index in [4.69, 9.17) is 0 Å². The first-order valence-electron chi connectivity index (χ1n) is 5.35. The van der Waals surface area contributed by atoms with E-state index in [1.165, 1.54) is 30.2 Å². The number of rotatable bonds is 2. The molecule has 0 aliphatic carbocycles. The van der Waals surface area contributed by atoms with E-state index < -0.39 is 0 Å².